The van der Waals surface area contributed by atoms with Crippen LogP contribution in [0.2, 0.25) is 0 Å². The van der Waals surface area contributed by atoms with Crippen LogP contribution in [0.3, 0.4) is 0 Å². The summed E-state index contributed by atoms with van der Waals surface area (Å²) < 4.78 is 5.36. The van der Waals surface area contributed by atoms with E-state index in [1.807, 2.05) is 12.1 Å². The van der Waals surface area contributed by atoms with Gasteiger partial charge in [0.05, 0.1) is 19.0 Å². The molecular weight excluding hydrogens is 342 g/mol. The number of carbonyl (C=O) groups is 2. The van der Waals surface area contributed by atoms with Crippen molar-refractivity contribution in [3.63, 3.8) is 0 Å². The molecule has 2 aliphatic rings. The molecule has 6 nitrogen and oxygen atoms in total. The Kier molecular flexibility index (Phi) is 5.14. The van der Waals surface area contributed by atoms with Crippen molar-refractivity contribution < 1.29 is 14.3 Å². The van der Waals surface area contributed by atoms with Crippen LogP contribution in [0.5, 0.6) is 0 Å². The summed E-state index contributed by atoms with van der Waals surface area (Å²) in [6.07, 6.45) is 2.66. The highest BCUT2D eigenvalue weighted by atomic mass is 16.6. The van der Waals surface area contributed by atoms with Crippen molar-refractivity contribution in [1.29, 1.82) is 5.26 Å². The van der Waals surface area contributed by atoms with Crippen LogP contribution >= 0.6 is 0 Å². The fraction of sp³-hybridized carbons (Fsp3) is 0.571. The van der Waals surface area contributed by atoms with Gasteiger partial charge >= 0.3 is 6.09 Å². The van der Waals surface area contributed by atoms with Gasteiger partial charge in [-0.05, 0) is 50.7 Å². The first-order chi connectivity index (χ1) is 12.7. The van der Waals surface area contributed by atoms with E-state index in [2.05, 4.69) is 23.5 Å². The number of hydrogen-bond donors (Lipinski definition) is 1. The zero-order valence-electron chi connectivity index (χ0n) is 16.2. The molecule has 0 bridgehead atoms. The Bertz CT molecular complexity index is 756. The summed E-state index contributed by atoms with van der Waals surface area (Å²) in [5, 5.41) is 12.5. The lowest BCUT2D eigenvalue weighted by Gasteiger charge is -2.26. The predicted octanol–water partition coefficient (Wildman–Crippen LogP) is 3.13. The maximum atomic E-state index is 12.5. The van der Waals surface area contributed by atoms with E-state index in [0.29, 0.717) is 18.9 Å². The molecule has 1 heterocycles. The van der Waals surface area contributed by atoms with Gasteiger partial charge in [-0.3, -0.25) is 4.79 Å². The number of nitrogens with one attached hydrogen (secondary N) is 1. The normalized spacial score (nSPS) is 22.2. The van der Waals surface area contributed by atoms with E-state index in [1.54, 1.807) is 20.8 Å². The molecule has 1 saturated heterocycles. The lowest BCUT2D eigenvalue weighted by molar-refractivity contribution is -0.121. The molecule has 1 aromatic carbocycles. The molecule has 2 amide bonds. The summed E-state index contributed by atoms with van der Waals surface area (Å²) in [4.78, 5) is 26.2. The number of rotatable bonds is 4. The van der Waals surface area contributed by atoms with E-state index < -0.39 is 17.2 Å². The number of nitriles is 1. The van der Waals surface area contributed by atoms with Crippen molar-refractivity contribution in [3.05, 3.63) is 35.4 Å². The number of benzene rings is 1. The Morgan fingerprint density at radius 3 is 2.52 bits per heavy atom. The second-order valence-electron chi connectivity index (χ2n) is 8.59. The minimum Gasteiger partial charge on any atom is -0.444 e. The summed E-state index contributed by atoms with van der Waals surface area (Å²) in [7, 11) is 0. The summed E-state index contributed by atoms with van der Waals surface area (Å²) in [6, 6.07) is 10.3. The van der Waals surface area contributed by atoms with E-state index in [-0.39, 0.29) is 18.9 Å². The van der Waals surface area contributed by atoms with Crippen LogP contribution in [-0.2, 0) is 16.0 Å². The molecule has 3 rings (SSSR count). The van der Waals surface area contributed by atoms with Crippen molar-refractivity contribution in [1.82, 2.24) is 10.2 Å². The molecule has 0 radical (unpaired) electrons. The summed E-state index contributed by atoms with van der Waals surface area (Å²) in [6.45, 7) is 5.93. The van der Waals surface area contributed by atoms with Gasteiger partial charge in [0.1, 0.15) is 11.1 Å². The van der Waals surface area contributed by atoms with Gasteiger partial charge < -0.3 is 15.0 Å². The zero-order chi connectivity index (χ0) is 19.7. The number of likely N-dealkylation sites (tertiary alicyclic amines) is 1. The lowest BCUT2D eigenvalue weighted by Crippen LogP contribution is -2.50. The standard InChI is InChI=1S/C21H27N3O3/c1-20(2,3)27-19(26)24-11-10-21(13-22,14-24)23-18(25)12-15-4-6-16(7-5-15)17-8-9-17/h4-7,17H,8-12,14H2,1-3H3,(H,23,25). The molecule has 1 aliphatic heterocycles. The average molecular weight is 369 g/mol. The highest BCUT2D eigenvalue weighted by molar-refractivity contribution is 5.80. The topological polar surface area (TPSA) is 82.4 Å². The summed E-state index contributed by atoms with van der Waals surface area (Å²) in [5.41, 5.74) is 0.607. The molecule has 144 valence electrons. The molecular formula is C21H27N3O3. The second kappa shape index (κ2) is 7.22. The monoisotopic (exact) mass is 369 g/mol. The van der Waals surface area contributed by atoms with Crippen LogP contribution in [-0.4, -0.2) is 41.1 Å². The average Bonchev–Trinajstić information content (AvgIpc) is 3.35. The fourth-order valence-corrected chi connectivity index (χ4v) is 3.33. The number of amides is 2. The first-order valence-corrected chi connectivity index (χ1v) is 9.49. The molecule has 27 heavy (non-hydrogen) atoms. The fourth-order valence-electron chi connectivity index (χ4n) is 3.33. The minimum atomic E-state index is -1.05. The molecule has 2 fully saturated rings. The van der Waals surface area contributed by atoms with Crippen LogP contribution < -0.4 is 5.32 Å². The highest BCUT2D eigenvalue weighted by Gasteiger charge is 2.42. The van der Waals surface area contributed by atoms with Crippen LogP contribution in [0.1, 0.15) is 57.1 Å². The van der Waals surface area contributed by atoms with Gasteiger partial charge in [-0.25, -0.2) is 4.79 Å². The van der Waals surface area contributed by atoms with Crippen LogP contribution in [0.25, 0.3) is 0 Å². The van der Waals surface area contributed by atoms with Crippen molar-refractivity contribution in [2.45, 2.75) is 63.5 Å². The minimum absolute atomic E-state index is 0.144. The second-order valence-corrected chi connectivity index (χ2v) is 8.59. The van der Waals surface area contributed by atoms with Crippen LogP contribution in [0.15, 0.2) is 24.3 Å². The molecule has 1 N–H and O–H groups in total. The molecule has 1 aromatic rings. The quantitative estimate of drug-likeness (QED) is 0.884. The third-order valence-corrected chi connectivity index (χ3v) is 4.91. The van der Waals surface area contributed by atoms with E-state index in [4.69, 9.17) is 4.74 Å². The van der Waals surface area contributed by atoms with Crippen LogP contribution in [0, 0.1) is 11.3 Å². The van der Waals surface area contributed by atoms with Crippen molar-refractivity contribution in [2.24, 2.45) is 0 Å². The maximum Gasteiger partial charge on any atom is 0.410 e. The molecule has 1 unspecified atom stereocenters. The smallest absolute Gasteiger partial charge is 0.410 e. The van der Waals surface area contributed by atoms with Gasteiger partial charge in [0.15, 0.2) is 0 Å². The highest BCUT2D eigenvalue weighted by Crippen LogP contribution is 2.39. The Balaban J connectivity index is 1.56. The third-order valence-electron chi connectivity index (χ3n) is 4.91. The van der Waals surface area contributed by atoms with E-state index in [1.165, 1.54) is 23.3 Å². The van der Waals surface area contributed by atoms with Crippen molar-refractivity contribution >= 4 is 12.0 Å². The number of hydrogen-bond acceptors (Lipinski definition) is 4. The maximum absolute atomic E-state index is 12.5. The SMILES string of the molecule is CC(C)(C)OC(=O)N1CCC(C#N)(NC(=O)Cc2ccc(C3CC3)cc2)C1. The molecule has 0 spiro atoms. The molecule has 1 saturated carbocycles. The van der Waals surface area contributed by atoms with Crippen molar-refractivity contribution in [2.75, 3.05) is 13.1 Å². The largest absolute Gasteiger partial charge is 0.444 e. The number of carbonyl (C=O) groups excluding carboxylic acids is 2. The number of ether oxygens (including phenoxy) is 1. The molecule has 6 heteroatoms. The van der Waals surface area contributed by atoms with E-state index >= 15 is 0 Å². The van der Waals surface area contributed by atoms with E-state index in [9.17, 15) is 14.9 Å². The van der Waals surface area contributed by atoms with Crippen LogP contribution in [0.4, 0.5) is 4.79 Å². The first kappa shape index (κ1) is 19.2. The van der Waals surface area contributed by atoms with Gasteiger partial charge in [-0.1, -0.05) is 24.3 Å². The molecule has 0 aromatic heterocycles. The number of nitrogens with zero attached hydrogens (tertiary/aromatic N) is 2. The first-order valence-electron chi connectivity index (χ1n) is 9.49. The molecule has 1 atom stereocenters. The van der Waals surface area contributed by atoms with Gasteiger partial charge in [0.2, 0.25) is 5.91 Å². The Labute approximate surface area is 160 Å². The summed E-state index contributed by atoms with van der Waals surface area (Å²) in [5.74, 6) is 0.480. The van der Waals surface area contributed by atoms with Gasteiger partial charge in [-0.2, -0.15) is 5.26 Å². The zero-order valence-corrected chi connectivity index (χ0v) is 16.2. The Morgan fingerprint density at radius 2 is 1.96 bits per heavy atom. The molecule has 1 aliphatic carbocycles. The van der Waals surface area contributed by atoms with Gasteiger partial charge in [-0.15, -0.1) is 0 Å². The lowest BCUT2D eigenvalue weighted by atomic mass is 9.99. The van der Waals surface area contributed by atoms with Gasteiger partial charge in [0.25, 0.3) is 0 Å². The van der Waals surface area contributed by atoms with Gasteiger partial charge in [0, 0.05) is 13.0 Å². The Morgan fingerprint density at radius 1 is 1.30 bits per heavy atom. The summed E-state index contributed by atoms with van der Waals surface area (Å²) >= 11 is 0. The van der Waals surface area contributed by atoms with E-state index in [0.717, 1.165) is 5.56 Å². The Hall–Kier alpha value is -2.55. The van der Waals surface area contributed by atoms with Crippen molar-refractivity contribution in [3.8, 4) is 6.07 Å². The predicted molar refractivity (Wildman–Crippen MR) is 101 cm³/mol. The third kappa shape index (κ3) is 5.00.